The molecule has 0 amide bonds. The van der Waals surface area contributed by atoms with Gasteiger partial charge in [-0.25, -0.2) is 0 Å². The van der Waals surface area contributed by atoms with Gasteiger partial charge in [-0.1, -0.05) is 6.07 Å². The Labute approximate surface area is 132 Å². The van der Waals surface area contributed by atoms with Crippen LogP contribution in [0.15, 0.2) is 36.8 Å². The van der Waals surface area contributed by atoms with Gasteiger partial charge in [-0.05, 0) is 52.3 Å². The fraction of sp³-hybridized carbons (Fsp3) is 0.412. The van der Waals surface area contributed by atoms with Crippen molar-refractivity contribution in [1.29, 1.82) is 0 Å². The zero-order chi connectivity index (χ0) is 16.0. The third-order valence-electron chi connectivity index (χ3n) is 4.57. The molecular weight excluding hydrogens is 275 g/mol. The van der Waals surface area contributed by atoms with Crippen LogP contribution in [0.2, 0.25) is 0 Å². The highest BCUT2D eigenvalue weighted by atomic mass is 16.7. The minimum absolute atomic E-state index is 0.353. The average molecular weight is 296 g/mol. The van der Waals surface area contributed by atoms with E-state index in [4.69, 9.17) is 9.31 Å². The van der Waals surface area contributed by atoms with Crippen molar-refractivity contribution in [2.45, 2.75) is 45.8 Å². The smallest absolute Gasteiger partial charge is 0.399 e. The molecule has 0 N–H and O–H groups in total. The first-order valence-corrected chi connectivity index (χ1v) is 7.53. The lowest BCUT2D eigenvalue weighted by Gasteiger charge is -2.32. The molecule has 1 saturated heterocycles. The minimum Gasteiger partial charge on any atom is -0.399 e. The molecular formula is C17H21BN2O2. The molecule has 0 aliphatic carbocycles. The summed E-state index contributed by atoms with van der Waals surface area (Å²) in [6.45, 7) is 10.2. The fourth-order valence-electron chi connectivity index (χ4n) is 2.48. The average Bonchev–Trinajstić information content (AvgIpc) is 2.68. The maximum Gasteiger partial charge on any atom is 0.496 e. The predicted molar refractivity (Wildman–Crippen MR) is 87.9 cm³/mol. The van der Waals surface area contributed by atoms with Crippen molar-refractivity contribution in [3.05, 3.63) is 42.4 Å². The summed E-state index contributed by atoms with van der Waals surface area (Å²) in [5, 5.41) is 0. The van der Waals surface area contributed by atoms with Crippen LogP contribution >= 0.6 is 0 Å². The molecule has 0 radical (unpaired) electrons. The summed E-state index contributed by atoms with van der Waals surface area (Å²) in [6.07, 6.45) is 5.41. The maximum atomic E-state index is 6.09. The number of hydrogen-bond donors (Lipinski definition) is 0. The zero-order valence-corrected chi connectivity index (χ0v) is 13.8. The van der Waals surface area contributed by atoms with E-state index in [2.05, 4.69) is 9.97 Å². The molecule has 1 aliphatic rings. The number of aryl methyl sites for hydroxylation is 1. The molecule has 0 unspecified atom stereocenters. The van der Waals surface area contributed by atoms with Gasteiger partial charge in [0, 0.05) is 29.6 Å². The van der Waals surface area contributed by atoms with E-state index in [1.165, 1.54) is 0 Å². The summed E-state index contributed by atoms with van der Waals surface area (Å²) in [5.74, 6) is 0. The van der Waals surface area contributed by atoms with Gasteiger partial charge in [0.1, 0.15) is 0 Å². The van der Waals surface area contributed by atoms with Crippen LogP contribution in [0.5, 0.6) is 0 Å². The van der Waals surface area contributed by atoms with Gasteiger partial charge in [-0.15, -0.1) is 0 Å². The summed E-state index contributed by atoms with van der Waals surface area (Å²) in [4.78, 5) is 8.79. The normalized spacial score (nSPS) is 19.4. The molecule has 1 fully saturated rings. The summed E-state index contributed by atoms with van der Waals surface area (Å²) in [6, 6.07) is 6.03. The lowest BCUT2D eigenvalue weighted by atomic mass is 9.79. The maximum absolute atomic E-state index is 6.09. The molecule has 4 nitrogen and oxygen atoms in total. The van der Waals surface area contributed by atoms with Gasteiger partial charge in [-0.3, -0.25) is 9.97 Å². The summed E-state index contributed by atoms with van der Waals surface area (Å²) in [5.41, 5.74) is 3.25. The number of pyridine rings is 2. The van der Waals surface area contributed by atoms with Crippen molar-refractivity contribution in [2.24, 2.45) is 0 Å². The van der Waals surface area contributed by atoms with E-state index in [0.29, 0.717) is 0 Å². The molecule has 3 heterocycles. The van der Waals surface area contributed by atoms with Gasteiger partial charge in [0.25, 0.3) is 0 Å². The number of nitrogens with zero attached hydrogens (tertiary/aromatic N) is 2. The summed E-state index contributed by atoms with van der Waals surface area (Å²) >= 11 is 0. The van der Waals surface area contributed by atoms with E-state index in [-0.39, 0.29) is 11.2 Å². The van der Waals surface area contributed by atoms with Gasteiger partial charge in [0.2, 0.25) is 0 Å². The lowest BCUT2D eigenvalue weighted by Crippen LogP contribution is -2.41. The van der Waals surface area contributed by atoms with Crippen LogP contribution in [0, 0.1) is 6.92 Å². The van der Waals surface area contributed by atoms with E-state index in [1.807, 2.05) is 59.0 Å². The largest absolute Gasteiger partial charge is 0.496 e. The Kier molecular flexibility index (Phi) is 3.58. The highest BCUT2D eigenvalue weighted by molar-refractivity contribution is 6.62. The number of rotatable bonds is 2. The Morgan fingerprint density at radius 1 is 1.05 bits per heavy atom. The van der Waals surface area contributed by atoms with E-state index in [9.17, 15) is 0 Å². The van der Waals surface area contributed by atoms with E-state index in [1.54, 1.807) is 12.4 Å². The van der Waals surface area contributed by atoms with Crippen LogP contribution in [0.1, 0.15) is 33.3 Å². The SMILES string of the molecule is Cc1cccnc1-c1cncc(B2OC(C)(C)C(C)(C)O2)c1. The van der Waals surface area contributed by atoms with Crippen LogP contribution in [-0.4, -0.2) is 28.3 Å². The third-order valence-corrected chi connectivity index (χ3v) is 4.57. The molecule has 1 aliphatic heterocycles. The van der Waals surface area contributed by atoms with Gasteiger partial charge < -0.3 is 9.31 Å². The van der Waals surface area contributed by atoms with E-state index >= 15 is 0 Å². The van der Waals surface area contributed by atoms with E-state index < -0.39 is 7.12 Å². The Bertz CT molecular complexity index is 685. The molecule has 0 spiro atoms. The van der Waals surface area contributed by atoms with Gasteiger partial charge in [-0.2, -0.15) is 0 Å². The van der Waals surface area contributed by atoms with Crippen molar-refractivity contribution in [3.8, 4) is 11.3 Å². The van der Waals surface area contributed by atoms with Crippen molar-refractivity contribution in [1.82, 2.24) is 9.97 Å². The fourth-order valence-corrected chi connectivity index (χ4v) is 2.48. The van der Waals surface area contributed by atoms with Crippen molar-refractivity contribution in [3.63, 3.8) is 0 Å². The Hall–Kier alpha value is -1.72. The topological polar surface area (TPSA) is 44.2 Å². The summed E-state index contributed by atoms with van der Waals surface area (Å²) in [7, 11) is -0.401. The molecule has 114 valence electrons. The van der Waals surface area contributed by atoms with Crippen LogP contribution in [-0.2, 0) is 9.31 Å². The van der Waals surface area contributed by atoms with Crippen LogP contribution < -0.4 is 5.46 Å². The lowest BCUT2D eigenvalue weighted by molar-refractivity contribution is 0.00578. The molecule has 0 atom stereocenters. The van der Waals surface area contributed by atoms with Crippen molar-refractivity contribution in [2.75, 3.05) is 0 Å². The molecule has 0 aromatic carbocycles. The van der Waals surface area contributed by atoms with Gasteiger partial charge in [0.05, 0.1) is 16.9 Å². The summed E-state index contributed by atoms with van der Waals surface area (Å²) < 4.78 is 12.2. The van der Waals surface area contributed by atoms with Crippen LogP contribution in [0.3, 0.4) is 0 Å². The second kappa shape index (κ2) is 5.18. The van der Waals surface area contributed by atoms with Crippen molar-refractivity contribution >= 4 is 12.6 Å². The monoisotopic (exact) mass is 296 g/mol. The van der Waals surface area contributed by atoms with Crippen molar-refractivity contribution < 1.29 is 9.31 Å². The minimum atomic E-state index is -0.401. The van der Waals surface area contributed by atoms with Crippen LogP contribution in [0.25, 0.3) is 11.3 Å². The van der Waals surface area contributed by atoms with Gasteiger partial charge >= 0.3 is 7.12 Å². The Morgan fingerprint density at radius 2 is 1.73 bits per heavy atom. The molecule has 2 aromatic rings. The third kappa shape index (κ3) is 2.55. The highest BCUT2D eigenvalue weighted by Crippen LogP contribution is 2.36. The molecule has 5 heteroatoms. The Balaban J connectivity index is 1.95. The first-order valence-electron chi connectivity index (χ1n) is 7.53. The van der Waals surface area contributed by atoms with E-state index in [0.717, 1.165) is 22.3 Å². The highest BCUT2D eigenvalue weighted by Gasteiger charge is 2.51. The number of aromatic nitrogens is 2. The molecule has 0 saturated carbocycles. The molecule has 3 rings (SSSR count). The predicted octanol–water partition coefficient (Wildman–Crippen LogP) is 2.75. The molecule has 22 heavy (non-hydrogen) atoms. The van der Waals surface area contributed by atoms with Crippen LogP contribution in [0.4, 0.5) is 0 Å². The standard InChI is InChI=1S/C17H21BN2O2/c1-12-7-6-8-20-15(12)13-9-14(11-19-10-13)18-21-16(2,3)17(4,5)22-18/h6-11H,1-5H3. The quantitative estimate of drug-likeness (QED) is 0.799. The number of hydrogen-bond acceptors (Lipinski definition) is 4. The Morgan fingerprint density at radius 3 is 2.36 bits per heavy atom. The zero-order valence-electron chi connectivity index (χ0n) is 13.8. The first-order chi connectivity index (χ1) is 10.3. The second-order valence-corrected chi connectivity index (χ2v) is 6.76. The molecule has 0 bridgehead atoms. The first kappa shape index (κ1) is 15.2. The van der Waals surface area contributed by atoms with Gasteiger partial charge in [0.15, 0.2) is 0 Å². The second-order valence-electron chi connectivity index (χ2n) is 6.76. The molecule has 2 aromatic heterocycles.